The van der Waals surface area contributed by atoms with Crippen LogP contribution in [0.2, 0.25) is 0 Å². The Balaban J connectivity index is 1.68. The highest BCUT2D eigenvalue weighted by molar-refractivity contribution is 5.87. The van der Waals surface area contributed by atoms with Crippen molar-refractivity contribution in [1.82, 2.24) is 29.3 Å². The molecule has 0 saturated heterocycles. The summed E-state index contributed by atoms with van der Waals surface area (Å²) in [6.45, 7) is 0.360. The van der Waals surface area contributed by atoms with Crippen molar-refractivity contribution >= 4 is 23.1 Å². The van der Waals surface area contributed by atoms with E-state index in [4.69, 9.17) is 10.2 Å². The molecule has 0 unspecified atom stereocenters. The molecule has 11 nitrogen and oxygen atoms in total. The van der Waals surface area contributed by atoms with Gasteiger partial charge in [-0.3, -0.25) is 14.6 Å². The first-order valence-electron chi connectivity index (χ1n) is 8.44. The number of nitrogens with one attached hydrogen (secondary N) is 1. The third kappa shape index (κ3) is 3.60. The summed E-state index contributed by atoms with van der Waals surface area (Å²) in [6.07, 6.45) is 3.82. The van der Waals surface area contributed by atoms with Gasteiger partial charge in [0.05, 0.1) is 31.1 Å². The highest BCUT2D eigenvalue weighted by Crippen LogP contribution is 2.13. The number of aromatic nitrogens is 6. The molecule has 0 fully saturated rings. The molecule has 3 aromatic heterocycles. The smallest absolute Gasteiger partial charge is 0.338 e. The van der Waals surface area contributed by atoms with Crippen LogP contribution in [0, 0.1) is 0 Å². The van der Waals surface area contributed by atoms with Crippen LogP contribution in [-0.2, 0) is 17.8 Å². The van der Waals surface area contributed by atoms with Crippen molar-refractivity contribution in [2.45, 2.75) is 13.0 Å². The summed E-state index contributed by atoms with van der Waals surface area (Å²) in [5.41, 5.74) is 1.49. The van der Waals surface area contributed by atoms with Crippen molar-refractivity contribution in [3.63, 3.8) is 0 Å². The van der Waals surface area contributed by atoms with E-state index < -0.39 is 17.5 Å². The molecule has 3 N–H and O–H groups in total. The van der Waals surface area contributed by atoms with Gasteiger partial charge in [0.15, 0.2) is 11.2 Å². The van der Waals surface area contributed by atoms with Gasteiger partial charge in [-0.05, 0) is 11.1 Å². The minimum absolute atomic E-state index is 0.0392. The van der Waals surface area contributed by atoms with Gasteiger partial charge in [-0.25, -0.2) is 14.5 Å². The predicted molar refractivity (Wildman–Crippen MR) is 99.1 cm³/mol. The van der Waals surface area contributed by atoms with Crippen molar-refractivity contribution < 1.29 is 19.8 Å². The molecule has 1 aromatic carbocycles. The van der Waals surface area contributed by atoms with Gasteiger partial charge in [0.1, 0.15) is 0 Å². The second-order valence-electron chi connectivity index (χ2n) is 6.30. The maximum absolute atomic E-state index is 12.3. The molecule has 0 aliphatic heterocycles. The van der Waals surface area contributed by atoms with E-state index in [1.165, 1.54) is 17.2 Å². The lowest BCUT2D eigenvalue weighted by atomic mass is 10.1. The Morgan fingerprint density at radius 3 is 2.48 bits per heavy atom. The molecule has 146 valence electrons. The summed E-state index contributed by atoms with van der Waals surface area (Å²) in [7, 11) is 0. The van der Waals surface area contributed by atoms with Crippen LogP contribution in [0.25, 0.3) is 17.1 Å². The first kappa shape index (κ1) is 18.1. The summed E-state index contributed by atoms with van der Waals surface area (Å²) < 4.78 is 2.84. The number of carboxylic acids is 2. The zero-order valence-electron chi connectivity index (χ0n) is 14.8. The number of imidazole rings is 1. The molecule has 0 atom stereocenters. The number of aromatic amines is 1. The van der Waals surface area contributed by atoms with Gasteiger partial charge >= 0.3 is 11.9 Å². The molecule has 0 spiro atoms. The third-order valence-corrected chi connectivity index (χ3v) is 4.24. The lowest BCUT2D eigenvalue weighted by molar-refractivity contribution is -0.136. The number of carbonyl (C=O) groups is 2. The minimum Gasteiger partial charge on any atom is -0.481 e. The zero-order chi connectivity index (χ0) is 20.5. The number of rotatable bonds is 6. The van der Waals surface area contributed by atoms with Gasteiger partial charge in [-0.1, -0.05) is 24.3 Å². The fourth-order valence-electron chi connectivity index (χ4n) is 2.85. The third-order valence-electron chi connectivity index (χ3n) is 4.24. The van der Waals surface area contributed by atoms with Crippen molar-refractivity contribution in [3.05, 3.63) is 70.0 Å². The van der Waals surface area contributed by atoms with Crippen molar-refractivity contribution in [2.75, 3.05) is 0 Å². The van der Waals surface area contributed by atoms with E-state index in [0.29, 0.717) is 17.8 Å². The fraction of sp³-hybridized carbons (Fsp3) is 0.111. The van der Waals surface area contributed by atoms with Gasteiger partial charge in [-0.2, -0.15) is 10.1 Å². The van der Waals surface area contributed by atoms with Crippen molar-refractivity contribution in [2.24, 2.45) is 0 Å². The Labute approximate surface area is 161 Å². The standard InChI is InChI=1S/C18H14N6O5/c25-13(26)5-10-1-3-11(4-2-10)7-23-9-19-14-15(23)21-18(22-16(14)27)24-8-12(6-20-24)17(28)29/h1-4,6,8-9H,5,7H2,(H,25,26)(H,28,29)(H,21,22,27). The van der Waals surface area contributed by atoms with Gasteiger partial charge in [0, 0.05) is 6.20 Å². The molecule has 0 aliphatic rings. The van der Waals surface area contributed by atoms with Crippen LogP contribution in [0.5, 0.6) is 0 Å². The minimum atomic E-state index is -1.14. The van der Waals surface area contributed by atoms with Crippen LogP contribution in [0.3, 0.4) is 0 Å². The SMILES string of the molecule is O=C(O)Cc1ccc(Cn2cnc3c(=O)[nH]c(-n4cc(C(=O)O)cn4)nc32)cc1. The first-order valence-corrected chi connectivity index (χ1v) is 8.44. The van der Waals surface area contributed by atoms with E-state index in [-0.39, 0.29) is 23.4 Å². The largest absolute Gasteiger partial charge is 0.481 e. The van der Waals surface area contributed by atoms with E-state index in [0.717, 1.165) is 11.8 Å². The van der Waals surface area contributed by atoms with Crippen molar-refractivity contribution in [3.8, 4) is 5.95 Å². The van der Waals surface area contributed by atoms with E-state index in [1.807, 2.05) is 0 Å². The highest BCUT2D eigenvalue weighted by Gasteiger charge is 2.14. The Bertz CT molecular complexity index is 1280. The summed E-state index contributed by atoms with van der Waals surface area (Å²) in [4.78, 5) is 45.1. The fourth-order valence-corrected chi connectivity index (χ4v) is 2.85. The topological polar surface area (TPSA) is 156 Å². The summed E-state index contributed by atoms with van der Waals surface area (Å²) in [5.74, 6) is -1.98. The van der Waals surface area contributed by atoms with E-state index >= 15 is 0 Å². The Morgan fingerprint density at radius 1 is 1.10 bits per heavy atom. The average molecular weight is 394 g/mol. The Hall–Kier alpha value is -4.28. The zero-order valence-corrected chi connectivity index (χ0v) is 14.8. The first-order chi connectivity index (χ1) is 13.9. The van der Waals surface area contributed by atoms with E-state index in [2.05, 4.69) is 20.1 Å². The van der Waals surface area contributed by atoms with Crippen LogP contribution in [0.1, 0.15) is 21.5 Å². The quantitative estimate of drug-likeness (QED) is 0.431. The molecule has 4 rings (SSSR count). The normalized spacial score (nSPS) is 11.0. The molecule has 3 heterocycles. The average Bonchev–Trinajstić information content (AvgIpc) is 3.31. The number of H-pyrrole nitrogens is 1. The number of aliphatic carboxylic acids is 1. The molecule has 0 saturated carbocycles. The van der Waals surface area contributed by atoms with Crippen LogP contribution in [0.4, 0.5) is 0 Å². The van der Waals surface area contributed by atoms with Crippen LogP contribution in [-0.4, -0.2) is 51.5 Å². The maximum atomic E-state index is 12.3. The molecule has 0 amide bonds. The Morgan fingerprint density at radius 2 is 1.83 bits per heavy atom. The molecular weight excluding hydrogens is 380 g/mol. The number of nitrogens with zero attached hydrogens (tertiary/aromatic N) is 5. The second-order valence-corrected chi connectivity index (χ2v) is 6.30. The number of benzene rings is 1. The molecular formula is C18H14N6O5. The number of hydrogen-bond acceptors (Lipinski definition) is 6. The van der Waals surface area contributed by atoms with E-state index in [9.17, 15) is 14.4 Å². The number of fused-ring (bicyclic) bond motifs is 1. The molecule has 11 heteroatoms. The number of carboxylic acid groups (broad SMARTS) is 2. The number of aromatic carboxylic acids is 1. The maximum Gasteiger partial charge on any atom is 0.338 e. The van der Waals surface area contributed by atoms with Crippen LogP contribution < -0.4 is 5.56 Å². The molecule has 0 bridgehead atoms. The lowest BCUT2D eigenvalue weighted by Gasteiger charge is -2.06. The van der Waals surface area contributed by atoms with Crippen molar-refractivity contribution in [1.29, 1.82) is 0 Å². The van der Waals surface area contributed by atoms with Gasteiger partial charge in [0.2, 0.25) is 5.95 Å². The predicted octanol–water partition coefficient (Wildman–Crippen LogP) is 0.679. The van der Waals surface area contributed by atoms with Gasteiger partial charge < -0.3 is 14.8 Å². The molecule has 0 aliphatic carbocycles. The van der Waals surface area contributed by atoms with Gasteiger partial charge in [-0.15, -0.1) is 0 Å². The monoisotopic (exact) mass is 394 g/mol. The molecule has 4 aromatic rings. The summed E-state index contributed by atoms with van der Waals surface area (Å²) in [5, 5.41) is 21.8. The Kier molecular flexibility index (Phi) is 4.39. The molecule has 0 radical (unpaired) electrons. The number of hydrogen-bond donors (Lipinski definition) is 3. The highest BCUT2D eigenvalue weighted by atomic mass is 16.4. The lowest BCUT2D eigenvalue weighted by Crippen LogP contribution is -2.15. The molecule has 29 heavy (non-hydrogen) atoms. The summed E-state index contributed by atoms with van der Waals surface area (Å²) in [6, 6.07) is 7.05. The van der Waals surface area contributed by atoms with Crippen LogP contribution >= 0.6 is 0 Å². The van der Waals surface area contributed by atoms with Gasteiger partial charge in [0.25, 0.3) is 5.56 Å². The van der Waals surface area contributed by atoms with Crippen LogP contribution in [0.15, 0.2) is 47.8 Å². The van der Waals surface area contributed by atoms with E-state index in [1.54, 1.807) is 28.8 Å². The summed E-state index contributed by atoms with van der Waals surface area (Å²) >= 11 is 0. The second kappa shape index (κ2) is 7.03.